The number of carbonyl (C=O) groups excluding carboxylic acids is 1. The number of amides is 1. The topological polar surface area (TPSA) is 89.8 Å². The second kappa shape index (κ2) is 10.6. The van der Waals surface area contributed by atoms with Crippen LogP contribution in [-0.4, -0.2) is 35.7 Å². The minimum absolute atomic E-state index is 0.332. The zero-order valence-electron chi connectivity index (χ0n) is 20.0. The van der Waals surface area contributed by atoms with E-state index in [9.17, 15) is 4.79 Å². The van der Waals surface area contributed by atoms with E-state index in [0.29, 0.717) is 37.0 Å². The van der Waals surface area contributed by atoms with Crippen LogP contribution in [0.3, 0.4) is 0 Å². The predicted octanol–water partition coefficient (Wildman–Crippen LogP) is 5.94. The molecule has 3 aromatic carbocycles. The number of H-pyrrole nitrogens is 1. The van der Waals surface area contributed by atoms with Gasteiger partial charge < -0.3 is 19.3 Å². The number of aromatic nitrogens is 1. The molecule has 0 spiro atoms. The largest absolute Gasteiger partial charge is 0.494 e. The fraction of sp³-hybridized carbons (Fsp3) is 0.250. The molecule has 7 nitrogen and oxygen atoms in total. The number of fused-ring (bicyclic) bond motifs is 3. The molecule has 1 amide bonds. The zero-order valence-corrected chi connectivity index (χ0v) is 20.8. The van der Waals surface area contributed by atoms with E-state index >= 15 is 0 Å². The van der Waals surface area contributed by atoms with Crippen LogP contribution < -0.4 is 15.4 Å². The Balaban J connectivity index is 1.47. The van der Waals surface area contributed by atoms with Crippen molar-refractivity contribution in [2.75, 3.05) is 19.8 Å². The van der Waals surface area contributed by atoms with Gasteiger partial charge in [-0.15, -0.1) is 0 Å². The van der Waals surface area contributed by atoms with Crippen LogP contribution in [0.2, 0.25) is 5.02 Å². The molecule has 186 valence electrons. The molecular formula is C28H28ClN3O4. The molecule has 1 unspecified atom stereocenters. The summed E-state index contributed by atoms with van der Waals surface area (Å²) >= 11 is 5.99. The SMILES string of the molecule is Cc1ccc2[nH]c3c(c2c1)CCN(C(=O)Oc1ccc(Cl)cc1)C3c1ccc(OCCCON)cc1. The molecule has 36 heavy (non-hydrogen) atoms. The van der Waals surface area contributed by atoms with Gasteiger partial charge in [-0.3, -0.25) is 4.90 Å². The van der Waals surface area contributed by atoms with Crippen molar-refractivity contribution >= 4 is 28.6 Å². The molecule has 1 atom stereocenters. The van der Waals surface area contributed by atoms with Gasteiger partial charge in [-0.25, -0.2) is 10.7 Å². The Hall–Kier alpha value is -3.52. The standard InChI is InChI=1S/C28H28ClN3O4/c1-18-3-12-25-24(17-18)23-13-14-32(28(33)36-22-10-6-20(29)7-11-22)27(26(23)31-25)19-4-8-21(9-5-19)34-15-2-16-35-30/h3-12,17,27,31H,2,13-16,30H2,1H3. The minimum atomic E-state index is -0.412. The number of halogens is 1. The summed E-state index contributed by atoms with van der Waals surface area (Å²) in [7, 11) is 0. The van der Waals surface area contributed by atoms with Gasteiger partial charge in [0.05, 0.1) is 13.2 Å². The third-order valence-corrected chi connectivity index (χ3v) is 6.66. The second-order valence-corrected chi connectivity index (χ2v) is 9.31. The van der Waals surface area contributed by atoms with Gasteiger partial charge in [0.1, 0.15) is 17.5 Å². The fourth-order valence-electron chi connectivity index (χ4n) is 4.69. The number of aromatic amines is 1. The minimum Gasteiger partial charge on any atom is -0.494 e. The van der Waals surface area contributed by atoms with E-state index in [4.69, 9.17) is 27.0 Å². The van der Waals surface area contributed by atoms with Crippen molar-refractivity contribution in [3.05, 3.63) is 94.1 Å². The fourth-order valence-corrected chi connectivity index (χ4v) is 4.81. The Morgan fingerprint density at radius 1 is 1.06 bits per heavy atom. The summed E-state index contributed by atoms with van der Waals surface area (Å²) in [5, 5.41) is 1.78. The highest BCUT2D eigenvalue weighted by Gasteiger charge is 2.35. The second-order valence-electron chi connectivity index (χ2n) is 8.88. The van der Waals surface area contributed by atoms with E-state index in [-0.39, 0.29) is 6.04 Å². The quantitative estimate of drug-likeness (QED) is 0.240. The van der Waals surface area contributed by atoms with E-state index < -0.39 is 6.09 Å². The number of benzene rings is 3. The highest BCUT2D eigenvalue weighted by molar-refractivity contribution is 6.30. The van der Waals surface area contributed by atoms with Crippen molar-refractivity contribution in [2.45, 2.75) is 25.8 Å². The Kier molecular flexibility index (Phi) is 7.13. The van der Waals surface area contributed by atoms with Gasteiger partial charge >= 0.3 is 6.09 Å². The highest BCUT2D eigenvalue weighted by Crippen LogP contribution is 2.39. The van der Waals surface area contributed by atoms with Gasteiger partial charge in [0.2, 0.25) is 0 Å². The van der Waals surface area contributed by atoms with E-state index in [1.807, 2.05) is 24.3 Å². The van der Waals surface area contributed by atoms with Crippen molar-refractivity contribution < 1.29 is 19.1 Å². The third-order valence-electron chi connectivity index (χ3n) is 6.41. The number of nitrogens with zero attached hydrogens (tertiary/aromatic N) is 1. The lowest BCUT2D eigenvalue weighted by atomic mass is 9.92. The number of ether oxygens (including phenoxy) is 2. The highest BCUT2D eigenvalue weighted by atomic mass is 35.5. The van der Waals surface area contributed by atoms with Gasteiger partial charge in [-0.2, -0.15) is 0 Å². The first-order chi connectivity index (χ1) is 17.5. The predicted molar refractivity (Wildman–Crippen MR) is 139 cm³/mol. The van der Waals surface area contributed by atoms with E-state index in [0.717, 1.165) is 28.9 Å². The third kappa shape index (κ3) is 5.04. The molecule has 0 saturated carbocycles. The average Bonchev–Trinajstić information content (AvgIpc) is 3.25. The normalized spacial score (nSPS) is 15.1. The average molecular weight is 506 g/mol. The van der Waals surface area contributed by atoms with Crippen LogP contribution in [-0.2, 0) is 11.3 Å². The molecule has 4 aromatic rings. The Bertz CT molecular complexity index is 1350. The van der Waals surface area contributed by atoms with Crippen LogP contribution in [0.1, 0.15) is 34.8 Å². The van der Waals surface area contributed by atoms with Crippen molar-refractivity contribution in [2.24, 2.45) is 5.90 Å². The summed E-state index contributed by atoms with van der Waals surface area (Å²) in [5.74, 6) is 6.27. The van der Waals surface area contributed by atoms with Gasteiger partial charge in [-0.1, -0.05) is 35.4 Å². The number of carbonyl (C=O) groups is 1. The number of rotatable bonds is 7. The van der Waals surface area contributed by atoms with Crippen LogP contribution in [0.25, 0.3) is 10.9 Å². The van der Waals surface area contributed by atoms with Crippen molar-refractivity contribution in [1.82, 2.24) is 9.88 Å². The first kappa shape index (κ1) is 24.2. The summed E-state index contributed by atoms with van der Waals surface area (Å²) in [4.78, 5) is 23.3. The summed E-state index contributed by atoms with van der Waals surface area (Å²) in [5.41, 5.74) is 5.46. The summed E-state index contributed by atoms with van der Waals surface area (Å²) in [6.45, 7) is 3.56. The van der Waals surface area contributed by atoms with Crippen LogP contribution in [0, 0.1) is 6.92 Å². The van der Waals surface area contributed by atoms with E-state index in [1.54, 1.807) is 29.2 Å². The van der Waals surface area contributed by atoms with Crippen molar-refractivity contribution in [3.8, 4) is 11.5 Å². The van der Waals surface area contributed by atoms with Crippen molar-refractivity contribution in [1.29, 1.82) is 0 Å². The summed E-state index contributed by atoms with van der Waals surface area (Å²) in [6, 6.07) is 20.7. The molecule has 0 saturated heterocycles. The van der Waals surface area contributed by atoms with Crippen molar-refractivity contribution in [3.63, 3.8) is 0 Å². The van der Waals surface area contributed by atoms with Gasteiger partial charge in [0.15, 0.2) is 0 Å². The molecular weight excluding hydrogens is 478 g/mol. The molecule has 1 aliphatic rings. The van der Waals surface area contributed by atoms with Gasteiger partial charge in [0.25, 0.3) is 0 Å². The zero-order chi connectivity index (χ0) is 25.1. The maximum atomic E-state index is 13.4. The van der Waals surface area contributed by atoms with Crippen LogP contribution in [0.4, 0.5) is 4.79 Å². The molecule has 0 aliphatic carbocycles. The first-order valence-corrected chi connectivity index (χ1v) is 12.3. The number of nitrogens with one attached hydrogen (secondary N) is 1. The lowest BCUT2D eigenvalue weighted by Crippen LogP contribution is -2.42. The first-order valence-electron chi connectivity index (χ1n) is 11.9. The Morgan fingerprint density at radius 3 is 2.56 bits per heavy atom. The van der Waals surface area contributed by atoms with Crippen LogP contribution in [0.5, 0.6) is 11.5 Å². The molecule has 1 aromatic heterocycles. The molecule has 8 heteroatoms. The summed E-state index contributed by atoms with van der Waals surface area (Å²) in [6.07, 6.45) is 1.02. The van der Waals surface area contributed by atoms with E-state index in [1.165, 1.54) is 16.5 Å². The lowest BCUT2D eigenvalue weighted by molar-refractivity contribution is 0.122. The van der Waals surface area contributed by atoms with Crippen LogP contribution in [0.15, 0.2) is 66.7 Å². The Labute approximate surface area is 214 Å². The maximum Gasteiger partial charge on any atom is 0.416 e. The van der Waals surface area contributed by atoms with E-state index in [2.05, 4.69) is 34.9 Å². The lowest BCUT2D eigenvalue weighted by Gasteiger charge is -2.35. The monoisotopic (exact) mass is 505 g/mol. The number of nitrogens with two attached hydrogens (primary N) is 1. The number of hydrogen-bond donors (Lipinski definition) is 2. The molecule has 1 aliphatic heterocycles. The molecule has 0 radical (unpaired) electrons. The number of hydrogen-bond acceptors (Lipinski definition) is 5. The van der Waals surface area contributed by atoms with Gasteiger partial charge in [0, 0.05) is 34.6 Å². The molecule has 2 heterocycles. The van der Waals surface area contributed by atoms with Crippen LogP contribution >= 0.6 is 11.6 Å². The summed E-state index contributed by atoms with van der Waals surface area (Å²) < 4.78 is 11.5. The van der Waals surface area contributed by atoms with Gasteiger partial charge in [-0.05, 0) is 73.0 Å². The molecule has 0 fully saturated rings. The molecule has 5 rings (SSSR count). The maximum absolute atomic E-state index is 13.4. The molecule has 3 N–H and O–H groups in total. The Morgan fingerprint density at radius 2 is 1.81 bits per heavy atom. The smallest absolute Gasteiger partial charge is 0.416 e. The number of aryl methyl sites for hydroxylation is 1. The molecule has 0 bridgehead atoms.